The molecule has 27 heavy (non-hydrogen) atoms. The number of nitrogens with zero attached hydrogens (tertiary/aromatic N) is 1. The minimum atomic E-state index is -0.209. The van der Waals surface area contributed by atoms with Gasteiger partial charge in [0.2, 0.25) is 5.88 Å². The minimum Gasteiger partial charge on any atom is -0.437 e. The number of hydrogen-bond acceptors (Lipinski definition) is 4. The van der Waals surface area contributed by atoms with Crippen molar-refractivity contribution in [1.82, 2.24) is 15.6 Å². The smallest absolute Gasteiger partial charge is 0.256 e. The van der Waals surface area contributed by atoms with Gasteiger partial charge in [0.25, 0.3) is 5.91 Å². The van der Waals surface area contributed by atoms with E-state index in [1.54, 1.807) is 36.5 Å². The topological polar surface area (TPSA) is 63.2 Å². The number of nitrogens with one attached hydrogen (secondary N) is 2. The number of ether oxygens (including phenoxy) is 1. The van der Waals surface area contributed by atoms with Crippen LogP contribution in [0.3, 0.4) is 0 Å². The van der Waals surface area contributed by atoms with Gasteiger partial charge in [0.15, 0.2) is 0 Å². The number of aromatic nitrogens is 1. The third-order valence-corrected chi connectivity index (χ3v) is 4.60. The van der Waals surface area contributed by atoms with Gasteiger partial charge in [-0.05, 0) is 62.2 Å². The molecule has 0 bridgehead atoms. The fourth-order valence-electron chi connectivity index (χ4n) is 2.74. The zero-order chi connectivity index (χ0) is 17.6. The van der Waals surface area contributed by atoms with Crippen LogP contribution in [0.4, 0.5) is 0 Å². The van der Waals surface area contributed by atoms with E-state index in [-0.39, 0.29) is 36.6 Å². The first-order chi connectivity index (χ1) is 12.1. The summed E-state index contributed by atoms with van der Waals surface area (Å²) in [6.45, 7) is 2.60. The van der Waals surface area contributed by atoms with E-state index in [2.05, 4.69) is 15.6 Å². The highest BCUT2D eigenvalue weighted by Gasteiger charge is 2.18. The van der Waals surface area contributed by atoms with Crippen molar-refractivity contribution in [2.24, 2.45) is 5.92 Å². The van der Waals surface area contributed by atoms with Crippen molar-refractivity contribution in [2.45, 2.75) is 12.8 Å². The van der Waals surface area contributed by atoms with Crippen LogP contribution in [0.15, 0.2) is 36.5 Å². The first-order valence-electron chi connectivity index (χ1n) is 8.20. The average molecular weight is 453 g/mol. The van der Waals surface area contributed by atoms with Crippen molar-refractivity contribution in [2.75, 3.05) is 19.6 Å². The number of amides is 1. The van der Waals surface area contributed by atoms with Gasteiger partial charge in [-0.2, -0.15) is 0 Å². The fourth-order valence-corrected chi connectivity index (χ4v) is 3.18. The molecule has 148 valence electrons. The van der Waals surface area contributed by atoms with Gasteiger partial charge in [0.05, 0.1) is 5.02 Å². The summed E-state index contributed by atoms with van der Waals surface area (Å²) in [6, 6.07) is 8.28. The van der Waals surface area contributed by atoms with Crippen LogP contribution in [-0.2, 0) is 0 Å². The monoisotopic (exact) mass is 451 g/mol. The molecule has 3 rings (SSSR count). The van der Waals surface area contributed by atoms with E-state index < -0.39 is 0 Å². The van der Waals surface area contributed by atoms with Crippen LogP contribution < -0.4 is 15.4 Å². The third kappa shape index (κ3) is 6.70. The van der Waals surface area contributed by atoms with Crippen LogP contribution in [0.5, 0.6) is 11.6 Å². The molecule has 1 fully saturated rings. The number of pyridine rings is 1. The second-order valence-electron chi connectivity index (χ2n) is 5.96. The summed E-state index contributed by atoms with van der Waals surface area (Å²) in [5.74, 6) is 0.851. The van der Waals surface area contributed by atoms with Gasteiger partial charge < -0.3 is 15.4 Å². The molecule has 5 nitrogen and oxygen atoms in total. The molecule has 1 unspecified atom stereocenters. The van der Waals surface area contributed by atoms with Crippen LogP contribution in [0.1, 0.15) is 23.2 Å². The van der Waals surface area contributed by atoms with E-state index in [0.717, 1.165) is 25.9 Å². The first-order valence-corrected chi connectivity index (χ1v) is 8.96. The quantitative estimate of drug-likeness (QED) is 0.686. The molecular weight excluding hydrogens is 432 g/mol. The predicted molar refractivity (Wildman–Crippen MR) is 113 cm³/mol. The number of hydrogen-bond donors (Lipinski definition) is 2. The lowest BCUT2D eigenvalue weighted by molar-refractivity contribution is 0.0942. The van der Waals surface area contributed by atoms with Crippen molar-refractivity contribution in [1.29, 1.82) is 0 Å². The van der Waals surface area contributed by atoms with Crippen molar-refractivity contribution in [3.63, 3.8) is 0 Å². The molecule has 1 aromatic carbocycles. The molecule has 2 N–H and O–H groups in total. The maximum absolute atomic E-state index is 12.5. The molecular formula is C18H21Cl4N3O2. The Labute approximate surface area is 181 Å². The van der Waals surface area contributed by atoms with Gasteiger partial charge in [0, 0.05) is 17.8 Å². The number of rotatable bonds is 5. The summed E-state index contributed by atoms with van der Waals surface area (Å²) >= 11 is 12.0. The zero-order valence-electron chi connectivity index (χ0n) is 14.4. The summed E-state index contributed by atoms with van der Waals surface area (Å²) < 4.78 is 5.73. The van der Waals surface area contributed by atoms with E-state index in [1.165, 1.54) is 0 Å². The Morgan fingerprint density at radius 2 is 2.11 bits per heavy atom. The highest BCUT2D eigenvalue weighted by atomic mass is 35.5. The normalized spacial score (nSPS) is 15.9. The summed E-state index contributed by atoms with van der Waals surface area (Å²) in [4.78, 5) is 16.7. The van der Waals surface area contributed by atoms with E-state index in [4.69, 9.17) is 27.9 Å². The molecule has 9 heteroatoms. The molecule has 1 atom stereocenters. The van der Waals surface area contributed by atoms with Gasteiger partial charge >= 0.3 is 0 Å². The number of benzene rings is 1. The molecule has 1 amide bonds. The molecule has 1 aliphatic heterocycles. The molecule has 0 spiro atoms. The highest BCUT2D eigenvalue weighted by molar-refractivity contribution is 6.35. The Kier molecular flexibility index (Phi) is 10.2. The Morgan fingerprint density at radius 3 is 2.81 bits per heavy atom. The van der Waals surface area contributed by atoms with Gasteiger partial charge in [0.1, 0.15) is 11.3 Å². The minimum absolute atomic E-state index is 0. The molecule has 1 aliphatic rings. The van der Waals surface area contributed by atoms with Crippen LogP contribution >= 0.6 is 48.0 Å². The van der Waals surface area contributed by atoms with E-state index >= 15 is 0 Å². The van der Waals surface area contributed by atoms with Crippen LogP contribution in [0, 0.1) is 5.92 Å². The van der Waals surface area contributed by atoms with E-state index in [9.17, 15) is 4.79 Å². The van der Waals surface area contributed by atoms with Gasteiger partial charge in [-0.15, -0.1) is 24.8 Å². The molecule has 0 aliphatic carbocycles. The molecule has 0 saturated carbocycles. The number of piperidine rings is 1. The second kappa shape index (κ2) is 11.6. The van der Waals surface area contributed by atoms with Crippen molar-refractivity contribution >= 4 is 53.9 Å². The van der Waals surface area contributed by atoms with Gasteiger partial charge in [-0.25, -0.2) is 4.98 Å². The molecule has 2 heterocycles. The van der Waals surface area contributed by atoms with Crippen molar-refractivity contribution in [3.8, 4) is 11.6 Å². The van der Waals surface area contributed by atoms with Gasteiger partial charge in [-0.3, -0.25) is 4.79 Å². The lowest BCUT2D eigenvalue weighted by Gasteiger charge is -2.23. The Bertz CT molecular complexity index is 755. The molecule has 0 radical (unpaired) electrons. The fraction of sp³-hybridized carbons (Fsp3) is 0.333. The Hall–Kier alpha value is -1.24. The lowest BCUT2D eigenvalue weighted by atomic mass is 10.00. The first kappa shape index (κ1) is 23.8. The summed E-state index contributed by atoms with van der Waals surface area (Å²) in [6.07, 6.45) is 3.82. The lowest BCUT2D eigenvalue weighted by Crippen LogP contribution is -2.38. The maximum atomic E-state index is 12.5. The maximum Gasteiger partial charge on any atom is 0.256 e. The average Bonchev–Trinajstić information content (AvgIpc) is 2.63. The number of halogens is 4. The number of carbonyl (C=O) groups is 1. The van der Waals surface area contributed by atoms with E-state index in [0.29, 0.717) is 33.8 Å². The van der Waals surface area contributed by atoms with Crippen LogP contribution in [0.25, 0.3) is 0 Å². The number of carbonyl (C=O) groups excluding carboxylic acids is 1. The Morgan fingerprint density at radius 1 is 1.30 bits per heavy atom. The van der Waals surface area contributed by atoms with Crippen molar-refractivity contribution in [3.05, 3.63) is 52.1 Å². The summed E-state index contributed by atoms with van der Waals surface area (Å²) in [7, 11) is 0. The van der Waals surface area contributed by atoms with E-state index in [1.807, 2.05) is 0 Å². The SMILES string of the molecule is Cl.Cl.O=C(NCC1CCCNC1)c1cccnc1Oc1ccc(Cl)cc1Cl. The molecule has 2 aromatic rings. The summed E-state index contributed by atoms with van der Waals surface area (Å²) in [5.41, 5.74) is 0.372. The zero-order valence-corrected chi connectivity index (χ0v) is 17.6. The van der Waals surface area contributed by atoms with Crippen molar-refractivity contribution < 1.29 is 9.53 Å². The van der Waals surface area contributed by atoms with Crippen LogP contribution in [-0.4, -0.2) is 30.5 Å². The molecule has 1 saturated heterocycles. The predicted octanol–water partition coefficient (Wildman–Crippen LogP) is 4.75. The standard InChI is InChI=1S/C18H19Cl2N3O2.2ClH/c19-13-5-6-16(15(20)9-13)25-18-14(4-2-8-22-18)17(24)23-11-12-3-1-7-21-10-12;;/h2,4-6,8-9,12,21H,1,3,7,10-11H2,(H,23,24);2*1H. The van der Waals surface area contributed by atoms with Gasteiger partial charge in [-0.1, -0.05) is 23.2 Å². The highest BCUT2D eigenvalue weighted by Crippen LogP contribution is 2.32. The third-order valence-electron chi connectivity index (χ3n) is 4.07. The molecule has 1 aromatic heterocycles. The second-order valence-corrected chi connectivity index (χ2v) is 6.80. The Balaban J connectivity index is 0.00000182. The van der Waals surface area contributed by atoms with Crippen LogP contribution in [0.2, 0.25) is 10.0 Å². The summed E-state index contributed by atoms with van der Waals surface area (Å²) in [5, 5.41) is 7.18. The largest absolute Gasteiger partial charge is 0.437 e.